The normalized spacial score (nSPS) is 17.0. The quantitative estimate of drug-likeness (QED) is 0.746. The summed E-state index contributed by atoms with van der Waals surface area (Å²) in [6, 6.07) is 8.78. The molecule has 0 spiro atoms. The number of hydrogen-bond acceptors (Lipinski definition) is 6. The first-order valence-corrected chi connectivity index (χ1v) is 10.9. The molecule has 1 fully saturated rings. The molecule has 2 aromatic rings. The van der Waals surface area contributed by atoms with Gasteiger partial charge in [-0.2, -0.15) is 0 Å². The van der Waals surface area contributed by atoms with Gasteiger partial charge in [-0.3, -0.25) is 9.59 Å². The van der Waals surface area contributed by atoms with Gasteiger partial charge in [0.15, 0.2) is 0 Å². The van der Waals surface area contributed by atoms with Crippen LogP contribution in [0.4, 0.5) is 11.4 Å². The van der Waals surface area contributed by atoms with Crippen molar-refractivity contribution >= 4 is 44.8 Å². The highest BCUT2D eigenvalue weighted by Crippen LogP contribution is 2.37. The molecule has 0 saturated carbocycles. The van der Waals surface area contributed by atoms with Gasteiger partial charge in [-0.25, -0.2) is 12.7 Å². The number of nitrogens with zero attached hydrogens (tertiary/aromatic N) is 1. The zero-order chi connectivity index (χ0) is 22.3. The van der Waals surface area contributed by atoms with Gasteiger partial charge in [0.25, 0.3) is 5.91 Å². The first-order valence-electron chi connectivity index (χ1n) is 8.90. The molecule has 2 aromatic carbocycles. The Bertz CT molecular complexity index is 1110. The first kappa shape index (κ1) is 21.9. The highest BCUT2D eigenvalue weighted by Gasteiger charge is 2.49. The van der Waals surface area contributed by atoms with E-state index in [0.29, 0.717) is 22.2 Å². The summed E-state index contributed by atoms with van der Waals surface area (Å²) in [5.41, 5.74) is -0.197. The molecule has 1 N–H and O–H groups in total. The monoisotopic (exact) mass is 452 g/mol. The molecule has 0 aliphatic carbocycles. The third kappa shape index (κ3) is 3.95. The molecule has 0 atom stereocenters. The number of amides is 2. The van der Waals surface area contributed by atoms with Gasteiger partial charge in [0.2, 0.25) is 15.9 Å². The molecule has 3 rings (SSSR count). The highest BCUT2D eigenvalue weighted by atomic mass is 35.5. The number of methoxy groups -OCH3 is 2. The molecule has 1 saturated heterocycles. The molecule has 160 valence electrons. The van der Waals surface area contributed by atoms with E-state index >= 15 is 0 Å². The minimum Gasteiger partial charge on any atom is -0.495 e. The van der Waals surface area contributed by atoms with E-state index in [-0.39, 0.29) is 17.0 Å². The Kier molecular flexibility index (Phi) is 5.70. The summed E-state index contributed by atoms with van der Waals surface area (Å²) in [5.74, 6) is -0.512. The van der Waals surface area contributed by atoms with Gasteiger partial charge in [-0.15, -0.1) is 0 Å². The summed E-state index contributed by atoms with van der Waals surface area (Å²) >= 11 is 6.07. The van der Waals surface area contributed by atoms with Gasteiger partial charge in [-0.05, 0) is 38.1 Å². The Hall–Kier alpha value is -2.78. The fourth-order valence-corrected chi connectivity index (χ4v) is 5.50. The molecule has 1 aliphatic heterocycles. The smallest absolute Gasteiger partial charge is 0.255 e. The SMILES string of the molecule is COc1cc(NC(=O)c2ccc(N3C(=O)C(C)(C)CS3(=O)=O)cc2)c(OC)cc1Cl. The predicted octanol–water partition coefficient (Wildman–Crippen LogP) is 3.31. The van der Waals surface area contributed by atoms with Crippen molar-refractivity contribution in [1.82, 2.24) is 0 Å². The van der Waals surface area contributed by atoms with E-state index in [9.17, 15) is 18.0 Å². The van der Waals surface area contributed by atoms with E-state index in [0.717, 1.165) is 4.31 Å². The van der Waals surface area contributed by atoms with Crippen LogP contribution in [0.2, 0.25) is 5.02 Å². The maximum Gasteiger partial charge on any atom is 0.255 e. The molecular formula is C20H21ClN2O6S. The Morgan fingerprint density at radius 3 is 2.20 bits per heavy atom. The van der Waals surface area contributed by atoms with Gasteiger partial charge >= 0.3 is 0 Å². The summed E-state index contributed by atoms with van der Waals surface area (Å²) < 4.78 is 36.0. The molecule has 0 aromatic heterocycles. The van der Waals surface area contributed by atoms with Crippen LogP contribution in [0.15, 0.2) is 36.4 Å². The number of ether oxygens (including phenoxy) is 2. The van der Waals surface area contributed by atoms with E-state index in [2.05, 4.69) is 5.32 Å². The zero-order valence-corrected chi connectivity index (χ0v) is 18.4. The van der Waals surface area contributed by atoms with E-state index < -0.39 is 27.3 Å². The van der Waals surface area contributed by atoms with Crippen LogP contribution in [0, 0.1) is 5.41 Å². The predicted molar refractivity (Wildman–Crippen MR) is 114 cm³/mol. The van der Waals surface area contributed by atoms with Crippen LogP contribution in [0.1, 0.15) is 24.2 Å². The molecule has 10 heteroatoms. The Morgan fingerprint density at radius 2 is 1.70 bits per heavy atom. The van der Waals surface area contributed by atoms with Crippen molar-refractivity contribution in [3.63, 3.8) is 0 Å². The lowest BCUT2D eigenvalue weighted by Crippen LogP contribution is -2.32. The number of rotatable bonds is 5. The van der Waals surface area contributed by atoms with Crippen LogP contribution in [-0.4, -0.2) is 40.2 Å². The van der Waals surface area contributed by atoms with Gasteiger partial charge in [0, 0.05) is 17.7 Å². The molecule has 30 heavy (non-hydrogen) atoms. The van der Waals surface area contributed by atoms with E-state index in [4.69, 9.17) is 21.1 Å². The fraction of sp³-hybridized carbons (Fsp3) is 0.300. The van der Waals surface area contributed by atoms with Crippen molar-refractivity contribution in [2.24, 2.45) is 5.41 Å². The Labute approximate surface area is 179 Å². The second-order valence-corrected chi connectivity index (χ2v) is 9.62. The molecular weight excluding hydrogens is 432 g/mol. The minimum absolute atomic E-state index is 0.188. The lowest BCUT2D eigenvalue weighted by Gasteiger charge is -2.18. The van der Waals surface area contributed by atoms with Crippen LogP contribution >= 0.6 is 11.6 Å². The number of hydrogen-bond donors (Lipinski definition) is 1. The number of anilines is 2. The summed E-state index contributed by atoms with van der Waals surface area (Å²) in [4.78, 5) is 25.1. The van der Waals surface area contributed by atoms with Crippen LogP contribution in [0.25, 0.3) is 0 Å². The fourth-order valence-electron chi connectivity index (χ4n) is 3.16. The minimum atomic E-state index is -3.76. The average molecular weight is 453 g/mol. The summed E-state index contributed by atoms with van der Waals surface area (Å²) in [6.07, 6.45) is 0. The molecule has 1 heterocycles. The van der Waals surface area contributed by atoms with Crippen molar-refractivity contribution in [2.75, 3.05) is 29.6 Å². The number of sulfonamides is 1. The molecule has 0 radical (unpaired) electrons. The van der Waals surface area contributed by atoms with Crippen LogP contribution in [0.3, 0.4) is 0 Å². The van der Waals surface area contributed by atoms with Crippen LogP contribution < -0.4 is 19.1 Å². The third-order valence-corrected chi connectivity index (χ3v) is 6.99. The van der Waals surface area contributed by atoms with E-state index in [1.807, 2.05) is 0 Å². The lowest BCUT2D eigenvalue weighted by molar-refractivity contribution is -0.123. The molecule has 0 bridgehead atoms. The van der Waals surface area contributed by atoms with Crippen molar-refractivity contribution in [3.8, 4) is 11.5 Å². The van der Waals surface area contributed by atoms with E-state index in [1.165, 1.54) is 50.6 Å². The second kappa shape index (κ2) is 7.81. The highest BCUT2D eigenvalue weighted by molar-refractivity contribution is 7.94. The molecule has 8 nitrogen and oxygen atoms in total. The van der Waals surface area contributed by atoms with Crippen molar-refractivity contribution in [1.29, 1.82) is 0 Å². The Balaban J connectivity index is 1.86. The van der Waals surface area contributed by atoms with Gasteiger partial charge in [0.1, 0.15) is 11.5 Å². The number of carbonyl (C=O) groups is 2. The zero-order valence-electron chi connectivity index (χ0n) is 16.9. The Morgan fingerprint density at radius 1 is 1.10 bits per heavy atom. The van der Waals surface area contributed by atoms with Crippen molar-refractivity contribution in [2.45, 2.75) is 13.8 Å². The van der Waals surface area contributed by atoms with E-state index in [1.54, 1.807) is 13.8 Å². The first-order chi connectivity index (χ1) is 14.0. The third-order valence-electron chi connectivity index (χ3n) is 4.67. The molecule has 1 aliphatic rings. The van der Waals surface area contributed by atoms with Gasteiger partial charge < -0.3 is 14.8 Å². The second-order valence-electron chi connectivity index (χ2n) is 7.40. The summed E-state index contributed by atoms with van der Waals surface area (Å²) in [5, 5.41) is 3.04. The topological polar surface area (TPSA) is 102 Å². The van der Waals surface area contributed by atoms with Crippen LogP contribution in [0.5, 0.6) is 11.5 Å². The van der Waals surface area contributed by atoms with Crippen molar-refractivity contribution < 1.29 is 27.5 Å². The standard InChI is InChI=1S/C20H21ClN2O6S/c1-20(2)11-30(26,27)23(19(20)25)13-7-5-12(6-8-13)18(24)22-15-10-16(28-3)14(21)9-17(15)29-4/h5-10H,11H2,1-4H3,(H,22,24). The molecule has 2 amide bonds. The van der Waals surface area contributed by atoms with Gasteiger partial charge in [-0.1, -0.05) is 11.6 Å². The largest absolute Gasteiger partial charge is 0.495 e. The number of carbonyl (C=O) groups excluding carboxylic acids is 2. The van der Waals surface area contributed by atoms with Gasteiger partial charge in [0.05, 0.1) is 41.8 Å². The maximum absolute atomic E-state index is 12.7. The number of nitrogens with one attached hydrogen (secondary N) is 1. The van der Waals surface area contributed by atoms with Crippen molar-refractivity contribution in [3.05, 3.63) is 47.0 Å². The average Bonchev–Trinajstić information content (AvgIpc) is 2.85. The van der Waals surface area contributed by atoms with Crippen LogP contribution in [-0.2, 0) is 14.8 Å². The number of benzene rings is 2. The molecule has 0 unspecified atom stereocenters. The lowest BCUT2D eigenvalue weighted by atomic mass is 9.95. The number of halogens is 1. The maximum atomic E-state index is 12.7. The summed E-state index contributed by atoms with van der Waals surface area (Å²) in [6.45, 7) is 3.17. The summed E-state index contributed by atoms with van der Waals surface area (Å²) in [7, 11) is -0.866.